The molecule has 0 aliphatic heterocycles. The monoisotopic (exact) mass is 282 g/mol. The zero-order valence-corrected chi connectivity index (χ0v) is 10.6. The number of halogens is 3. The van der Waals surface area contributed by atoms with E-state index in [-0.39, 0.29) is 29.2 Å². The SMILES string of the molecule is O=C(O)CCCC(F)(F)c1ccc(F)c2ccccc12. The molecule has 0 saturated carbocycles. The first-order valence-electron chi connectivity index (χ1n) is 6.19. The Labute approximate surface area is 113 Å². The Morgan fingerprint density at radius 1 is 1.10 bits per heavy atom. The van der Waals surface area contributed by atoms with Crippen LogP contribution in [0.4, 0.5) is 13.2 Å². The number of carbonyl (C=O) groups is 1. The van der Waals surface area contributed by atoms with Crippen LogP contribution in [-0.4, -0.2) is 11.1 Å². The molecule has 2 nitrogen and oxygen atoms in total. The van der Waals surface area contributed by atoms with Gasteiger partial charge in [-0.15, -0.1) is 0 Å². The van der Waals surface area contributed by atoms with Crippen molar-refractivity contribution >= 4 is 16.7 Å². The molecule has 0 spiro atoms. The second-order valence-electron chi connectivity index (χ2n) is 4.59. The molecule has 0 aromatic heterocycles. The van der Waals surface area contributed by atoms with Gasteiger partial charge in [0.1, 0.15) is 5.82 Å². The topological polar surface area (TPSA) is 37.3 Å². The minimum Gasteiger partial charge on any atom is -0.481 e. The van der Waals surface area contributed by atoms with Crippen LogP contribution < -0.4 is 0 Å². The molecule has 0 heterocycles. The van der Waals surface area contributed by atoms with Gasteiger partial charge in [0.05, 0.1) is 0 Å². The van der Waals surface area contributed by atoms with Crippen molar-refractivity contribution in [1.29, 1.82) is 0 Å². The number of alkyl halides is 2. The van der Waals surface area contributed by atoms with Crippen molar-refractivity contribution in [2.75, 3.05) is 0 Å². The van der Waals surface area contributed by atoms with E-state index in [0.29, 0.717) is 0 Å². The number of aliphatic carboxylic acids is 1. The number of hydrogen-bond donors (Lipinski definition) is 1. The van der Waals surface area contributed by atoms with Crippen molar-refractivity contribution in [2.24, 2.45) is 0 Å². The number of hydrogen-bond acceptors (Lipinski definition) is 1. The molecular weight excluding hydrogens is 269 g/mol. The van der Waals surface area contributed by atoms with Gasteiger partial charge in [-0.2, -0.15) is 0 Å². The van der Waals surface area contributed by atoms with E-state index < -0.39 is 24.1 Å². The normalized spacial score (nSPS) is 11.8. The lowest BCUT2D eigenvalue weighted by molar-refractivity contribution is -0.137. The Hall–Kier alpha value is -2.04. The molecule has 0 atom stereocenters. The van der Waals surface area contributed by atoms with E-state index in [1.165, 1.54) is 12.1 Å². The predicted molar refractivity (Wildman–Crippen MR) is 69.3 cm³/mol. The van der Waals surface area contributed by atoms with Crippen molar-refractivity contribution in [3.05, 3.63) is 47.8 Å². The van der Waals surface area contributed by atoms with Crippen LogP contribution in [0.25, 0.3) is 10.8 Å². The zero-order chi connectivity index (χ0) is 14.8. The third-order valence-electron chi connectivity index (χ3n) is 3.15. The van der Waals surface area contributed by atoms with Crippen LogP contribution in [0.1, 0.15) is 24.8 Å². The van der Waals surface area contributed by atoms with Gasteiger partial charge in [-0.3, -0.25) is 4.79 Å². The minimum atomic E-state index is -3.18. The average Bonchev–Trinajstić information content (AvgIpc) is 2.38. The Morgan fingerprint density at radius 2 is 1.75 bits per heavy atom. The summed E-state index contributed by atoms with van der Waals surface area (Å²) < 4.78 is 41.9. The predicted octanol–water partition coefficient (Wildman–Crippen LogP) is 4.33. The molecule has 1 N–H and O–H groups in total. The molecule has 0 unspecified atom stereocenters. The highest BCUT2D eigenvalue weighted by atomic mass is 19.3. The highest BCUT2D eigenvalue weighted by Crippen LogP contribution is 2.38. The molecule has 2 rings (SSSR count). The van der Waals surface area contributed by atoms with Crippen molar-refractivity contribution in [3.8, 4) is 0 Å². The van der Waals surface area contributed by atoms with E-state index in [4.69, 9.17) is 5.11 Å². The van der Waals surface area contributed by atoms with Gasteiger partial charge in [-0.05, 0) is 23.9 Å². The van der Waals surface area contributed by atoms with Gasteiger partial charge in [0.2, 0.25) is 0 Å². The maximum absolute atomic E-state index is 14.2. The summed E-state index contributed by atoms with van der Waals surface area (Å²) in [6.07, 6.45) is -1.02. The first kappa shape index (κ1) is 14.4. The molecule has 106 valence electrons. The summed E-state index contributed by atoms with van der Waals surface area (Å²) in [5.41, 5.74) is -0.264. The number of rotatable bonds is 5. The Balaban J connectivity index is 2.36. The molecule has 0 amide bonds. The van der Waals surface area contributed by atoms with E-state index in [0.717, 1.165) is 12.1 Å². The van der Waals surface area contributed by atoms with Gasteiger partial charge in [-0.25, -0.2) is 13.2 Å². The molecule has 2 aromatic carbocycles. The van der Waals surface area contributed by atoms with Crippen molar-refractivity contribution in [2.45, 2.75) is 25.2 Å². The fraction of sp³-hybridized carbons (Fsp3) is 0.267. The first-order chi connectivity index (χ1) is 9.42. The molecule has 0 fully saturated rings. The van der Waals surface area contributed by atoms with E-state index in [1.807, 2.05) is 0 Å². The van der Waals surface area contributed by atoms with Gasteiger partial charge in [-0.1, -0.05) is 24.3 Å². The standard InChI is InChI=1S/C15H13F3O2/c16-13-8-7-12(10-4-1-2-5-11(10)13)15(17,18)9-3-6-14(19)20/h1-2,4-5,7-8H,3,6,9H2,(H,19,20). The molecule has 0 aliphatic carbocycles. The summed E-state index contributed by atoms with van der Waals surface area (Å²) in [6.45, 7) is 0. The van der Waals surface area contributed by atoms with Crippen LogP contribution >= 0.6 is 0 Å². The number of benzene rings is 2. The summed E-state index contributed by atoms with van der Waals surface area (Å²) >= 11 is 0. The lowest BCUT2D eigenvalue weighted by Gasteiger charge is -2.18. The van der Waals surface area contributed by atoms with Crippen LogP contribution in [0.5, 0.6) is 0 Å². The first-order valence-corrected chi connectivity index (χ1v) is 6.19. The summed E-state index contributed by atoms with van der Waals surface area (Å²) in [7, 11) is 0. The molecular formula is C15H13F3O2. The smallest absolute Gasteiger partial charge is 0.303 e. The van der Waals surface area contributed by atoms with Gasteiger partial charge in [0.15, 0.2) is 0 Å². The summed E-state index contributed by atoms with van der Waals surface area (Å²) in [5, 5.41) is 8.80. The highest BCUT2D eigenvalue weighted by Gasteiger charge is 2.33. The van der Waals surface area contributed by atoms with Crippen LogP contribution in [-0.2, 0) is 10.7 Å². The molecule has 2 aromatic rings. The highest BCUT2D eigenvalue weighted by molar-refractivity contribution is 5.86. The van der Waals surface area contributed by atoms with E-state index in [1.54, 1.807) is 12.1 Å². The van der Waals surface area contributed by atoms with Crippen LogP contribution in [0.3, 0.4) is 0 Å². The minimum absolute atomic E-state index is 0.131. The van der Waals surface area contributed by atoms with Crippen molar-refractivity contribution in [3.63, 3.8) is 0 Å². The quantitative estimate of drug-likeness (QED) is 0.886. The molecule has 0 aliphatic rings. The average molecular weight is 282 g/mol. The lowest BCUT2D eigenvalue weighted by atomic mass is 9.96. The van der Waals surface area contributed by atoms with E-state index >= 15 is 0 Å². The van der Waals surface area contributed by atoms with Gasteiger partial charge < -0.3 is 5.11 Å². The molecule has 0 bridgehead atoms. The summed E-state index contributed by atoms with van der Waals surface area (Å²) in [5.74, 6) is -4.83. The fourth-order valence-electron chi connectivity index (χ4n) is 2.18. The van der Waals surface area contributed by atoms with E-state index in [2.05, 4.69) is 0 Å². The van der Waals surface area contributed by atoms with Crippen LogP contribution in [0.2, 0.25) is 0 Å². The Kier molecular flexibility index (Phi) is 3.97. The van der Waals surface area contributed by atoms with Crippen molar-refractivity contribution < 1.29 is 23.1 Å². The number of carboxylic acid groups (broad SMARTS) is 1. The Morgan fingerprint density at radius 3 is 2.40 bits per heavy atom. The molecule has 0 saturated heterocycles. The third kappa shape index (κ3) is 2.92. The van der Waals surface area contributed by atoms with Crippen molar-refractivity contribution in [1.82, 2.24) is 0 Å². The number of fused-ring (bicyclic) bond motifs is 1. The fourth-order valence-corrected chi connectivity index (χ4v) is 2.18. The number of carboxylic acids is 1. The third-order valence-corrected chi connectivity index (χ3v) is 3.15. The molecule has 5 heteroatoms. The largest absolute Gasteiger partial charge is 0.481 e. The second kappa shape index (κ2) is 5.53. The van der Waals surface area contributed by atoms with Crippen LogP contribution in [0.15, 0.2) is 36.4 Å². The maximum atomic E-state index is 14.2. The summed E-state index contributed by atoms with van der Waals surface area (Å²) in [6, 6.07) is 8.12. The Bertz CT molecular complexity index is 638. The maximum Gasteiger partial charge on any atom is 0.303 e. The zero-order valence-electron chi connectivity index (χ0n) is 10.6. The molecule has 20 heavy (non-hydrogen) atoms. The lowest BCUT2D eigenvalue weighted by Crippen LogP contribution is -2.14. The molecule has 0 radical (unpaired) electrons. The van der Waals surface area contributed by atoms with Gasteiger partial charge in [0.25, 0.3) is 5.92 Å². The summed E-state index contributed by atoms with van der Waals surface area (Å²) in [4.78, 5) is 10.4. The van der Waals surface area contributed by atoms with Gasteiger partial charge >= 0.3 is 5.97 Å². The van der Waals surface area contributed by atoms with Crippen LogP contribution in [0, 0.1) is 5.82 Å². The van der Waals surface area contributed by atoms with E-state index in [9.17, 15) is 18.0 Å². The second-order valence-corrected chi connectivity index (χ2v) is 4.59. The van der Waals surface area contributed by atoms with Gasteiger partial charge in [0, 0.05) is 23.8 Å².